The Morgan fingerprint density at radius 1 is 1.00 bits per heavy atom. The van der Waals surface area contributed by atoms with Gasteiger partial charge in [0.15, 0.2) is 0 Å². The topological polar surface area (TPSA) is 244 Å². The van der Waals surface area contributed by atoms with Crippen LogP contribution in [0.25, 0.3) is 10.7 Å². The number of pyridine rings is 1. The summed E-state index contributed by atoms with van der Waals surface area (Å²) in [5.41, 5.74) is 1.55. The van der Waals surface area contributed by atoms with Gasteiger partial charge in [0.25, 0.3) is 0 Å². The molecule has 0 aliphatic rings. The molecular formula is C13H15CuN4O11S+. The summed E-state index contributed by atoms with van der Waals surface area (Å²) in [5.74, 6) is -1.26. The van der Waals surface area contributed by atoms with Crippen LogP contribution in [-0.4, -0.2) is 46.3 Å². The van der Waals surface area contributed by atoms with E-state index in [4.69, 9.17) is 30.6 Å². The Bertz CT molecular complexity index is 841. The molecule has 0 amide bonds. The maximum Gasteiger partial charge on any atom is 2.00 e. The first-order chi connectivity index (χ1) is 13.0. The number of hydrogen-bond donors (Lipinski definition) is 0. The molecule has 0 fully saturated rings. The van der Waals surface area contributed by atoms with Crippen LogP contribution < -0.4 is 0 Å². The van der Waals surface area contributed by atoms with Crippen molar-refractivity contribution < 1.29 is 51.8 Å². The number of aryl methyl sites for hydroxylation is 1. The van der Waals surface area contributed by atoms with Gasteiger partial charge < -0.3 is 45.6 Å². The number of carbonyl (C=O) groups excluding carboxylic acids is 2. The molecule has 0 saturated heterocycles. The van der Waals surface area contributed by atoms with E-state index in [9.17, 15) is 9.59 Å². The molecule has 2 aromatic heterocycles. The molecule has 169 valence electrons. The molecule has 2 rings (SSSR count). The number of nitrogens with zero attached hydrogens (tertiary/aromatic N) is 4. The maximum absolute atomic E-state index is 11.8. The zero-order valence-electron chi connectivity index (χ0n) is 15.4. The van der Waals surface area contributed by atoms with Crippen molar-refractivity contribution in [1.82, 2.24) is 9.97 Å². The molecule has 0 spiro atoms. The second kappa shape index (κ2) is 15.5. The quantitative estimate of drug-likeness (QED) is 0.186. The third-order valence-corrected chi connectivity index (χ3v) is 3.54. The van der Waals surface area contributed by atoms with E-state index in [1.807, 2.05) is 12.3 Å². The Labute approximate surface area is 182 Å². The van der Waals surface area contributed by atoms with Gasteiger partial charge in [-0.3, -0.25) is 4.98 Å². The van der Waals surface area contributed by atoms with Crippen molar-refractivity contribution in [3.05, 3.63) is 65.1 Å². The number of rotatable bonds is 3. The fraction of sp³-hybridized carbons (Fsp3) is 0.231. The van der Waals surface area contributed by atoms with Crippen LogP contribution in [0, 0.1) is 37.6 Å². The van der Waals surface area contributed by atoms with Gasteiger partial charge in [-0.05, 0) is 13.0 Å². The molecule has 15 nitrogen and oxygen atoms in total. The minimum atomic E-state index is -1.75. The Morgan fingerprint density at radius 2 is 1.43 bits per heavy atom. The van der Waals surface area contributed by atoms with Gasteiger partial charge >= 0.3 is 29.0 Å². The third kappa shape index (κ3) is 11.4. The molecule has 3 N–H and O–H groups in total. The molecule has 0 aliphatic carbocycles. The average Bonchev–Trinajstić information content (AvgIpc) is 3.05. The molecule has 17 heteroatoms. The van der Waals surface area contributed by atoms with E-state index in [0.29, 0.717) is 10.7 Å². The maximum atomic E-state index is 11.8. The number of methoxy groups -OCH3 is 2. The zero-order valence-corrected chi connectivity index (χ0v) is 17.1. The van der Waals surface area contributed by atoms with Crippen molar-refractivity contribution in [2.75, 3.05) is 14.2 Å². The van der Waals surface area contributed by atoms with Gasteiger partial charge in [0, 0.05) is 17.3 Å². The number of carbonyl (C=O) groups is 2. The molecule has 0 aromatic carbocycles. The van der Waals surface area contributed by atoms with Crippen molar-refractivity contribution >= 4 is 23.3 Å². The smallest absolute Gasteiger partial charge is 0.465 e. The predicted octanol–water partition coefficient (Wildman–Crippen LogP) is 0.684. The number of esters is 2. The van der Waals surface area contributed by atoms with E-state index >= 15 is 0 Å². The van der Waals surface area contributed by atoms with Crippen LogP contribution in [0.1, 0.15) is 26.4 Å². The van der Waals surface area contributed by atoms with E-state index in [-0.39, 0.29) is 33.7 Å². The number of thiazole rings is 1. The van der Waals surface area contributed by atoms with Gasteiger partial charge in [-0.2, -0.15) is 0 Å². The fourth-order valence-electron chi connectivity index (χ4n) is 1.60. The van der Waals surface area contributed by atoms with Gasteiger partial charge in [0.2, 0.25) is 0 Å². The van der Waals surface area contributed by atoms with Crippen molar-refractivity contribution in [2.45, 2.75) is 6.92 Å². The third-order valence-electron chi connectivity index (χ3n) is 2.55. The van der Waals surface area contributed by atoms with E-state index in [2.05, 4.69) is 19.4 Å². The van der Waals surface area contributed by atoms with Crippen molar-refractivity contribution in [1.29, 1.82) is 0 Å². The SMILES string of the molecule is COC(=O)c1cnc(-c2nc(C)cs2)cc1C(=O)OC.O=[N+]([O-])[O-].O=[N+]([O-])[O-].[Cu+2].[OH3+]. The van der Waals surface area contributed by atoms with Gasteiger partial charge in [-0.25, -0.2) is 14.6 Å². The predicted molar refractivity (Wildman–Crippen MR) is 98.4 cm³/mol. The van der Waals surface area contributed by atoms with Crippen LogP contribution in [-0.2, 0) is 32.0 Å². The summed E-state index contributed by atoms with van der Waals surface area (Å²) in [7, 11) is 2.48. The van der Waals surface area contributed by atoms with Crippen LogP contribution in [0.2, 0.25) is 0 Å². The summed E-state index contributed by atoms with van der Waals surface area (Å²) in [6.07, 6.45) is 1.30. The molecule has 0 saturated carbocycles. The molecular weight excluding hydrogens is 484 g/mol. The summed E-state index contributed by atoms with van der Waals surface area (Å²) in [4.78, 5) is 48.3. The van der Waals surface area contributed by atoms with Gasteiger partial charge in [-0.15, -0.1) is 11.3 Å². The van der Waals surface area contributed by atoms with Crippen LogP contribution in [0.5, 0.6) is 0 Å². The Balaban J connectivity index is -0.000000629. The van der Waals surface area contributed by atoms with Crippen LogP contribution >= 0.6 is 11.3 Å². The Kier molecular flexibility index (Phi) is 16.2. The van der Waals surface area contributed by atoms with Gasteiger partial charge in [0.1, 0.15) is 5.01 Å². The molecule has 2 aromatic rings. The van der Waals surface area contributed by atoms with Crippen molar-refractivity contribution in [3.63, 3.8) is 0 Å². The van der Waals surface area contributed by atoms with Crippen LogP contribution in [0.3, 0.4) is 0 Å². The van der Waals surface area contributed by atoms with Crippen LogP contribution in [0.15, 0.2) is 17.6 Å². The summed E-state index contributed by atoms with van der Waals surface area (Å²) in [6.45, 7) is 1.87. The van der Waals surface area contributed by atoms with E-state index in [1.54, 1.807) is 0 Å². The first-order valence-corrected chi connectivity index (χ1v) is 7.63. The Hall–Kier alpha value is -3.40. The van der Waals surface area contributed by atoms with E-state index in [1.165, 1.54) is 37.8 Å². The molecule has 30 heavy (non-hydrogen) atoms. The molecule has 0 bridgehead atoms. The molecule has 0 unspecified atom stereocenters. The minimum absolute atomic E-state index is 0. The largest absolute Gasteiger partial charge is 2.00 e. The molecule has 2 heterocycles. The summed E-state index contributed by atoms with van der Waals surface area (Å²) in [6, 6.07) is 1.48. The summed E-state index contributed by atoms with van der Waals surface area (Å²) >= 11 is 1.41. The number of ether oxygens (including phenoxy) is 2. The van der Waals surface area contributed by atoms with E-state index in [0.717, 1.165) is 5.69 Å². The van der Waals surface area contributed by atoms with Gasteiger partial charge in [0.05, 0.1) is 41.2 Å². The normalized spacial score (nSPS) is 8.37. The summed E-state index contributed by atoms with van der Waals surface area (Å²) < 4.78 is 9.30. The van der Waals surface area contributed by atoms with Crippen molar-refractivity contribution in [2.24, 2.45) is 0 Å². The second-order valence-corrected chi connectivity index (χ2v) is 5.20. The van der Waals surface area contributed by atoms with Gasteiger partial charge in [-0.1, -0.05) is 0 Å². The first-order valence-electron chi connectivity index (χ1n) is 6.75. The second-order valence-electron chi connectivity index (χ2n) is 4.34. The number of hydrogen-bond acceptors (Lipinski definition) is 13. The Morgan fingerprint density at radius 3 is 1.80 bits per heavy atom. The van der Waals surface area contributed by atoms with Crippen molar-refractivity contribution in [3.8, 4) is 10.7 Å². The molecule has 1 radical (unpaired) electrons. The first kappa shape index (κ1) is 31.3. The monoisotopic (exact) mass is 498 g/mol. The number of aromatic nitrogens is 2. The molecule has 0 aliphatic heterocycles. The van der Waals surface area contributed by atoms with E-state index < -0.39 is 22.1 Å². The minimum Gasteiger partial charge on any atom is -0.465 e. The van der Waals surface area contributed by atoms with Crippen LogP contribution in [0.4, 0.5) is 0 Å². The zero-order chi connectivity index (χ0) is 21.9. The summed E-state index contributed by atoms with van der Waals surface area (Å²) in [5, 5.41) is 32.0. The fourth-order valence-corrected chi connectivity index (χ4v) is 2.36. The average molecular weight is 499 g/mol. The molecule has 0 atom stereocenters. The standard InChI is InChI=1S/C13H12N2O4S.Cu.2NO3.H2O/c1-7-6-20-11(15-7)10-4-8(12(16)18-2)9(5-14-10)13(17)19-3;;2*2-1(3)4;/h4-6H,1-3H3;;;;1H2/q;+2;2*-1;/p+1.